The van der Waals surface area contributed by atoms with Crippen molar-refractivity contribution in [3.05, 3.63) is 21.4 Å². The number of carbonyl (C=O) groups excluding carboxylic acids is 2. The first-order chi connectivity index (χ1) is 10.9. The zero-order chi connectivity index (χ0) is 16.7. The Morgan fingerprint density at radius 3 is 2.35 bits per heavy atom. The Bertz CT molecular complexity index is 669. The first kappa shape index (κ1) is 16.0. The Hall–Kier alpha value is -1.89. The molecule has 0 unspecified atom stereocenters. The van der Waals surface area contributed by atoms with Gasteiger partial charge in [-0.3, -0.25) is 25.2 Å². The second-order valence-electron chi connectivity index (χ2n) is 6.50. The number of hydrogen-bond acceptors (Lipinski definition) is 4. The smallest absolute Gasteiger partial charge is 0.307 e. The first-order valence-corrected chi connectivity index (χ1v) is 8.65. The van der Waals surface area contributed by atoms with E-state index in [2.05, 4.69) is 10.9 Å². The first-order valence-electron chi connectivity index (χ1n) is 7.77. The predicted molar refractivity (Wildman–Crippen MR) is 84.8 cm³/mol. The molecule has 1 heterocycles. The van der Waals surface area contributed by atoms with E-state index in [0.29, 0.717) is 5.56 Å². The molecular formula is C16H20N2O4S. The molecular weight excluding hydrogens is 316 g/mol. The van der Waals surface area contributed by atoms with Crippen molar-refractivity contribution in [2.75, 3.05) is 0 Å². The summed E-state index contributed by atoms with van der Waals surface area (Å²) in [5.74, 6) is -2.63. The van der Waals surface area contributed by atoms with Gasteiger partial charge in [-0.15, -0.1) is 11.3 Å². The molecule has 0 aliphatic heterocycles. The van der Waals surface area contributed by atoms with Gasteiger partial charge in [-0.1, -0.05) is 0 Å². The van der Waals surface area contributed by atoms with Crippen LogP contribution in [0.4, 0.5) is 0 Å². The van der Waals surface area contributed by atoms with Gasteiger partial charge in [0.05, 0.1) is 17.4 Å². The van der Waals surface area contributed by atoms with E-state index in [1.165, 1.54) is 11.3 Å². The number of thiophene rings is 1. The summed E-state index contributed by atoms with van der Waals surface area (Å²) in [5, 5.41) is 11.1. The third kappa shape index (κ3) is 2.73. The van der Waals surface area contributed by atoms with E-state index in [9.17, 15) is 19.5 Å². The Morgan fingerprint density at radius 1 is 1.13 bits per heavy atom. The van der Waals surface area contributed by atoms with Crippen LogP contribution in [0.25, 0.3) is 0 Å². The monoisotopic (exact) mass is 336 g/mol. The van der Waals surface area contributed by atoms with Gasteiger partial charge in [0.2, 0.25) is 5.91 Å². The maximum atomic E-state index is 12.4. The zero-order valence-corrected chi connectivity index (χ0v) is 13.9. The summed E-state index contributed by atoms with van der Waals surface area (Å²) in [5.41, 5.74) is 6.29. The maximum absolute atomic E-state index is 12.4. The fraction of sp³-hybridized carbons (Fsp3) is 0.562. The predicted octanol–water partition coefficient (Wildman–Crippen LogP) is 1.87. The minimum absolute atomic E-state index is 0.0886. The number of carbonyl (C=O) groups is 3. The van der Waals surface area contributed by atoms with Crippen LogP contribution in [-0.4, -0.2) is 22.9 Å². The standard InChI is InChI=1S/C16H20N2O4S/c1-7-8(2)23-6-11(7)14(19)17-18-15(20)12-9-3-4-10(5-9)13(12)16(21)22/h6,9-10,12-13H,3-5H2,1-2H3,(H,17,19)(H,18,20)(H,21,22)/t9-,10+,12-,13+/m1/s1. The van der Waals surface area contributed by atoms with Gasteiger partial charge in [-0.25, -0.2) is 0 Å². The highest BCUT2D eigenvalue weighted by molar-refractivity contribution is 7.10. The van der Waals surface area contributed by atoms with Gasteiger partial charge in [0.15, 0.2) is 0 Å². The number of aryl methyl sites for hydroxylation is 1. The normalized spacial score (nSPS) is 28.6. The van der Waals surface area contributed by atoms with E-state index in [4.69, 9.17) is 0 Å². The molecule has 2 bridgehead atoms. The van der Waals surface area contributed by atoms with Crippen LogP contribution in [0.2, 0.25) is 0 Å². The van der Waals surface area contributed by atoms with Crippen molar-refractivity contribution < 1.29 is 19.5 Å². The molecule has 2 saturated carbocycles. The summed E-state index contributed by atoms with van der Waals surface area (Å²) in [4.78, 5) is 37.0. The van der Waals surface area contributed by atoms with Crippen LogP contribution in [0.3, 0.4) is 0 Å². The SMILES string of the molecule is Cc1scc(C(=O)NNC(=O)[C@@H]2[C@@H]3CC[C@@H](C3)[C@@H]2C(=O)O)c1C. The van der Waals surface area contributed by atoms with Gasteiger partial charge in [-0.05, 0) is 50.5 Å². The molecule has 23 heavy (non-hydrogen) atoms. The lowest BCUT2D eigenvalue weighted by molar-refractivity contribution is -0.149. The van der Waals surface area contributed by atoms with Crippen LogP contribution in [0.1, 0.15) is 40.1 Å². The molecule has 3 rings (SSSR count). The largest absolute Gasteiger partial charge is 0.481 e. The summed E-state index contributed by atoms with van der Waals surface area (Å²) in [6.07, 6.45) is 2.57. The molecule has 2 amide bonds. The van der Waals surface area contributed by atoms with Gasteiger partial charge in [0.1, 0.15) is 0 Å². The van der Waals surface area contributed by atoms with E-state index in [-0.39, 0.29) is 23.7 Å². The summed E-state index contributed by atoms with van der Waals surface area (Å²) < 4.78 is 0. The molecule has 6 nitrogen and oxygen atoms in total. The molecule has 0 spiro atoms. The van der Waals surface area contributed by atoms with Crippen molar-refractivity contribution in [3.8, 4) is 0 Å². The molecule has 2 aliphatic rings. The van der Waals surface area contributed by atoms with Crippen molar-refractivity contribution in [1.29, 1.82) is 0 Å². The van der Waals surface area contributed by atoms with Gasteiger partial charge < -0.3 is 5.11 Å². The number of rotatable bonds is 3. The van der Waals surface area contributed by atoms with Gasteiger partial charge in [0, 0.05) is 10.3 Å². The minimum atomic E-state index is -0.909. The Kier molecular flexibility index (Phi) is 4.14. The van der Waals surface area contributed by atoms with Crippen LogP contribution >= 0.6 is 11.3 Å². The molecule has 7 heteroatoms. The number of fused-ring (bicyclic) bond motifs is 2. The lowest BCUT2D eigenvalue weighted by atomic mass is 9.79. The number of carboxylic acids is 1. The Labute approximate surface area is 138 Å². The zero-order valence-electron chi connectivity index (χ0n) is 13.1. The van der Waals surface area contributed by atoms with Crippen LogP contribution in [0.15, 0.2) is 5.38 Å². The molecule has 0 saturated heterocycles. The molecule has 1 aromatic rings. The number of carboxylic acid groups (broad SMARTS) is 1. The molecule has 2 aliphatic carbocycles. The summed E-state index contributed by atoms with van der Waals surface area (Å²) in [7, 11) is 0. The third-order valence-electron chi connectivity index (χ3n) is 5.33. The highest BCUT2D eigenvalue weighted by Crippen LogP contribution is 2.52. The maximum Gasteiger partial charge on any atom is 0.307 e. The average molecular weight is 336 g/mol. The van der Waals surface area contributed by atoms with Crippen molar-refractivity contribution in [2.24, 2.45) is 23.7 Å². The van der Waals surface area contributed by atoms with E-state index >= 15 is 0 Å². The van der Waals surface area contributed by atoms with Gasteiger partial charge >= 0.3 is 5.97 Å². The van der Waals surface area contributed by atoms with E-state index in [0.717, 1.165) is 29.7 Å². The van der Waals surface area contributed by atoms with Crippen molar-refractivity contribution in [3.63, 3.8) is 0 Å². The Balaban J connectivity index is 1.64. The second-order valence-corrected chi connectivity index (χ2v) is 7.58. The quantitative estimate of drug-likeness (QED) is 0.734. The van der Waals surface area contributed by atoms with E-state index in [1.54, 1.807) is 5.38 Å². The lowest BCUT2D eigenvalue weighted by Gasteiger charge is -2.26. The minimum Gasteiger partial charge on any atom is -0.481 e. The molecule has 3 N–H and O–H groups in total. The second kappa shape index (κ2) is 5.96. The number of nitrogens with one attached hydrogen (secondary N) is 2. The van der Waals surface area contributed by atoms with Crippen LogP contribution in [0.5, 0.6) is 0 Å². The van der Waals surface area contributed by atoms with Crippen LogP contribution in [0, 0.1) is 37.5 Å². The number of amides is 2. The highest BCUT2D eigenvalue weighted by Gasteiger charge is 2.54. The van der Waals surface area contributed by atoms with Crippen molar-refractivity contribution in [2.45, 2.75) is 33.1 Å². The fourth-order valence-electron chi connectivity index (χ4n) is 4.03. The highest BCUT2D eigenvalue weighted by atomic mass is 32.1. The molecule has 1 aromatic heterocycles. The molecule has 2 fully saturated rings. The molecule has 4 atom stereocenters. The molecule has 0 radical (unpaired) electrons. The van der Waals surface area contributed by atoms with Crippen LogP contribution in [-0.2, 0) is 9.59 Å². The summed E-state index contributed by atoms with van der Waals surface area (Å²) >= 11 is 1.48. The summed E-state index contributed by atoms with van der Waals surface area (Å²) in [6.45, 7) is 3.79. The van der Waals surface area contributed by atoms with Crippen molar-refractivity contribution >= 4 is 29.1 Å². The molecule has 0 aromatic carbocycles. The number of hydrogen-bond donors (Lipinski definition) is 3. The number of aliphatic carboxylic acids is 1. The fourth-order valence-corrected chi connectivity index (χ4v) is 4.90. The van der Waals surface area contributed by atoms with Gasteiger partial charge in [-0.2, -0.15) is 0 Å². The summed E-state index contributed by atoms with van der Waals surface area (Å²) in [6, 6.07) is 0. The lowest BCUT2D eigenvalue weighted by Crippen LogP contribution is -2.48. The number of hydrazine groups is 1. The average Bonchev–Trinajstić information content (AvgIpc) is 3.20. The molecule has 124 valence electrons. The van der Waals surface area contributed by atoms with Crippen molar-refractivity contribution in [1.82, 2.24) is 10.9 Å². The topological polar surface area (TPSA) is 95.5 Å². The van der Waals surface area contributed by atoms with E-state index in [1.807, 2.05) is 13.8 Å². The van der Waals surface area contributed by atoms with Crippen LogP contribution < -0.4 is 10.9 Å². The van der Waals surface area contributed by atoms with Gasteiger partial charge in [0.25, 0.3) is 5.91 Å². The van der Waals surface area contributed by atoms with E-state index < -0.39 is 17.8 Å². The third-order valence-corrected chi connectivity index (χ3v) is 6.35. The Morgan fingerprint density at radius 2 is 1.78 bits per heavy atom.